The number of rotatable bonds is 6. The Kier molecular flexibility index (Phi) is 6.71. The van der Waals surface area contributed by atoms with Crippen LogP contribution in [0, 0.1) is 0 Å². The third-order valence-corrected chi connectivity index (χ3v) is 9.13. The van der Waals surface area contributed by atoms with Crippen LogP contribution in [0.25, 0.3) is 16.9 Å². The third-order valence-electron chi connectivity index (χ3n) is 6.61. The minimum Gasteiger partial charge on any atom is -0.381 e. The minimum absolute atomic E-state index is 0.0278. The first-order valence-electron chi connectivity index (χ1n) is 11.5. The number of anilines is 1. The van der Waals surface area contributed by atoms with E-state index in [0.717, 1.165) is 24.5 Å². The summed E-state index contributed by atoms with van der Waals surface area (Å²) in [5, 5.41) is 17.6. The Morgan fingerprint density at radius 3 is 2.33 bits per heavy atom. The molecule has 0 spiro atoms. The topological polar surface area (TPSA) is 149 Å². The number of morpholine rings is 1. The van der Waals surface area contributed by atoms with Gasteiger partial charge in [0.05, 0.1) is 30.0 Å². The highest BCUT2D eigenvalue weighted by Crippen LogP contribution is 2.35. The number of carbonyl (C=O) groups excluding carboxylic acids is 1. The summed E-state index contributed by atoms with van der Waals surface area (Å²) in [4.78, 5) is 19.1. The van der Waals surface area contributed by atoms with Crippen LogP contribution in [-0.4, -0.2) is 83.8 Å². The fraction of sp³-hybridized carbons (Fsp3) is 0.391. The van der Waals surface area contributed by atoms with Crippen LogP contribution in [0.15, 0.2) is 53.7 Å². The molecule has 2 N–H and O–H groups in total. The molecule has 190 valence electrons. The number of nitrogens with zero attached hydrogens (tertiary/aromatic N) is 5. The molecule has 36 heavy (non-hydrogen) atoms. The highest BCUT2D eigenvalue weighted by atomic mass is 32.2. The Hall–Kier alpha value is -3.39. The van der Waals surface area contributed by atoms with Gasteiger partial charge in [0.25, 0.3) is 5.91 Å². The number of hydroxylamine groups is 1. The number of ether oxygens (including phenoxy) is 2. The van der Waals surface area contributed by atoms with E-state index in [1.54, 1.807) is 24.5 Å². The number of benzene rings is 1. The van der Waals surface area contributed by atoms with Crippen LogP contribution in [0.1, 0.15) is 12.8 Å². The maximum Gasteiger partial charge on any atom is 0.265 e. The smallest absolute Gasteiger partial charge is 0.265 e. The highest BCUT2D eigenvalue weighted by Gasteiger charge is 2.52. The van der Waals surface area contributed by atoms with Gasteiger partial charge in [0, 0.05) is 38.1 Å². The minimum atomic E-state index is -4.10. The summed E-state index contributed by atoms with van der Waals surface area (Å²) >= 11 is 0. The van der Waals surface area contributed by atoms with Crippen molar-refractivity contribution < 1.29 is 27.9 Å². The fourth-order valence-electron chi connectivity index (χ4n) is 4.46. The van der Waals surface area contributed by atoms with Crippen LogP contribution < -0.4 is 10.4 Å². The molecule has 0 bridgehead atoms. The first-order valence-corrected chi connectivity index (χ1v) is 13.0. The van der Waals surface area contributed by atoms with Crippen LogP contribution in [0.3, 0.4) is 0 Å². The molecule has 4 heterocycles. The maximum atomic E-state index is 13.4. The van der Waals surface area contributed by atoms with Gasteiger partial charge in [-0.25, -0.2) is 23.6 Å². The van der Waals surface area contributed by atoms with Gasteiger partial charge in [-0.2, -0.15) is 0 Å². The second kappa shape index (κ2) is 9.93. The fourth-order valence-corrected chi connectivity index (χ4v) is 6.40. The molecule has 2 aliphatic heterocycles. The standard InChI is InChI=1S/C23H26N6O6S/c30-22(26-31)23(7-11-34-12-8-23)36(32,33)19-4-2-18(3-5-19)29-16-20(25-27-29)17-1-6-21(24-15-17)28-9-13-35-14-10-28/h1-6,15-16,31H,7-14H2,(H,26,30). The molecule has 0 radical (unpaired) electrons. The van der Waals surface area contributed by atoms with E-state index < -0.39 is 20.5 Å². The second-order valence-corrected chi connectivity index (χ2v) is 10.9. The van der Waals surface area contributed by atoms with E-state index in [0.29, 0.717) is 24.6 Å². The van der Waals surface area contributed by atoms with E-state index in [-0.39, 0.29) is 31.0 Å². The van der Waals surface area contributed by atoms with Crippen molar-refractivity contribution in [3.63, 3.8) is 0 Å². The van der Waals surface area contributed by atoms with E-state index in [2.05, 4.69) is 20.2 Å². The second-order valence-electron chi connectivity index (χ2n) is 8.60. The van der Waals surface area contributed by atoms with Gasteiger partial charge in [-0.15, -0.1) is 5.10 Å². The summed E-state index contributed by atoms with van der Waals surface area (Å²) in [6.45, 7) is 3.18. The van der Waals surface area contributed by atoms with Crippen LogP contribution in [-0.2, 0) is 24.1 Å². The Bertz CT molecular complexity index is 1310. The maximum absolute atomic E-state index is 13.4. The zero-order chi connectivity index (χ0) is 25.2. The van der Waals surface area contributed by atoms with Gasteiger partial charge in [-0.3, -0.25) is 10.0 Å². The first kappa shape index (κ1) is 24.3. The normalized spacial score (nSPS) is 18.1. The molecule has 2 aliphatic rings. The Morgan fingerprint density at radius 2 is 1.69 bits per heavy atom. The van der Waals surface area contributed by atoms with Crippen LogP contribution in [0.4, 0.5) is 5.82 Å². The molecule has 5 rings (SSSR count). The van der Waals surface area contributed by atoms with Gasteiger partial charge < -0.3 is 14.4 Å². The molecule has 2 aromatic heterocycles. The van der Waals surface area contributed by atoms with Gasteiger partial charge in [-0.1, -0.05) is 5.21 Å². The number of pyridine rings is 1. The number of amides is 1. The van der Waals surface area contributed by atoms with Gasteiger partial charge in [0.15, 0.2) is 14.6 Å². The van der Waals surface area contributed by atoms with E-state index in [1.165, 1.54) is 22.3 Å². The zero-order valence-electron chi connectivity index (χ0n) is 19.4. The van der Waals surface area contributed by atoms with Crippen molar-refractivity contribution in [1.82, 2.24) is 25.5 Å². The van der Waals surface area contributed by atoms with Gasteiger partial charge in [-0.05, 0) is 49.2 Å². The average Bonchev–Trinajstić information content (AvgIpc) is 3.44. The number of aromatic nitrogens is 4. The quantitative estimate of drug-likeness (QED) is 0.360. The third kappa shape index (κ3) is 4.34. The van der Waals surface area contributed by atoms with Crippen molar-refractivity contribution in [2.45, 2.75) is 22.5 Å². The van der Waals surface area contributed by atoms with Crippen molar-refractivity contribution >= 4 is 21.6 Å². The predicted molar refractivity (Wildman–Crippen MR) is 128 cm³/mol. The van der Waals surface area contributed by atoms with E-state index in [9.17, 15) is 18.4 Å². The zero-order valence-corrected chi connectivity index (χ0v) is 20.2. The SMILES string of the molecule is O=C(NO)C1(S(=O)(=O)c2ccc(-n3cc(-c4ccc(N5CCOCC5)nc4)nn3)cc2)CCOCC1. The lowest BCUT2D eigenvalue weighted by Gasteiger charge is -2.34. The van der Waals surface area contributed by atoms with Crippen LogP contribution in [0.2, 0.25) is 0 Å². The number of carbonyl (C=O) groups is 1. The monoisotopic (exact) mass is 514 g/mol. The molecule has 0 saturated carbocycles. The molecule has 3 aromatic rings. The summed E-state index contributed by atoms with van der Waals surface area (Å²) in [5.41, 5.74) is 3.53. The van der Waals surface area contributed by atoms with Gasteiger partial charge in [0.1, 0.15) is 11.5 Å². The van der Waals surface area contributed by atoms with Gasteiger partial charge in [0.2, 0.25) is 0 Å². The largest absolute Gasteiger partial charge is 0.381 e. The Labute approximate surface area is 207 Å². The van der Waals surface area contributed by atoms with Gasteiger partial charge >= 0.3 is 0 Å². The Morgan fingerprint density at radius 1 is 1.00 bits per heavy atom. The van der Waals surface area contributed by atoms with Crippen molar-refractivity contribution in [1.29, 1.82) is 0 Å². The van der Waals surface area contributed by atoms with Crippen LogP contribution in [0.5, 0.6) is 0 Å². The number of hydrogen-bond acceptors (Lipinski definition) is 10. The lowest BCUT2D eigenvalue weighted by molar-refractivity contribution is -0.134. The summed E-state index contributed by atoms with van der Waals surface area (Å²) in [5.74, 6) is -0.0764. The Balaban J connectivity index is 1.35. The molecule has 2 saturated heterocycles. The van der Waals surface area contributed by atoms with Crippen molar-refractivity contribution in [2.75, 3.05) is 44.4 Å². The molecule has 1 aromatic carbocycles. The first-order chi connectivity index (χ1) is 17.4. The number of hydrogen-bond donors (Lipinski definition) is 2. The molecule has 1 amide bonds. The lowest BCUT2D eigenvalue weighted by atomic mass is 9.98. The van der Waals surface area contributed by atoms with Crippen molar-refractivity contribution in [3.8, 4) is 16.9 Å². The molecule has 2 fully saturated rings. The van der Waals surface area contributed by atoms with Crippen molar-refractivity contribution in [3.05, 3.63) is 48.8 Å². The molecular formula is C23H26N6O6S. The predicted octanol–water partition coefficient (Wildman–Crippen LogP) is 0.994. The van der Waals surface area contributed by atoms with Crippen molar-refractivity contribution in [2.24, 2.45) is 0 Å². The van der Waals surface area contributed by atoms with E-state index in [4.69, 9.17) is 9.47 Å². The molecule has 13 heteroatoms. The van der Waals surface area contributed by atoms with E-state index >= 15 is 0 Å². The van der Waals surface area contributed by atoms with E-state index in [1.807, 2.05) is 12.1 Å². The summed E-state index contributed by atoms with van der Waals surface area (Å²) in [6, 6.07) is 9.90. The lowest BCUT2D eigenvalue weighted by Crippen LogP contribution is -2.54. The highest BCUT2D eigenvalue weighted by molar-refractivity contribution is 7.93. The number of nitrogens with one attached hydrogen (secondary N) is 1. The molecule has 0 aliphatic carbocycles. The summed E-state index contributed by atoms with van der Waals surface area (Å²) in [7, 11) is -4.10. The number of sulfone groups is 1. The molecule has 0 atom stereocenters. The summed E-state index contributed by atoms with van der Waals surface area (Å²) in [6.07, 6.45) is 3.38. The summed E-state index contributed by atoms with van der Waals surface area (Å²) < 4.78 is 37.2. The van der Waals surface area contributed by atoms with Crippen LogP contribution >= 0.6 is 0 Å². The average molecular weight is 515 g/mol. The molecule has 12 nitrogen and oxygen atoms in total. The molecule has 0 unspecified atom stereocenters. The molecular weight excluding hydrogens is 488 g/mol.